The lowest BCUT2D eigenvalue weighted by Gasteiger charge is -2.21. The van der Waals surface area contributed by atoms with Crippen LogP contribution < -0.4 is 4.74 Å². The van der Waals surface area contributed by atoms with Gasteiger partial charge in [0, 0.05) is 18.6 Å². The first-order chi connectivity index (χ1) is 7.82. The molecule has 0 saturated heterocycles. The zero-order chi connectivity index (χ0) is 13.2. The molecule has 0 bridgehead atoms. The number of aliphatic hydroxyl groups is 1. The Labute approximate surface area is 104 Å². The fourth-order valence-electron chi connectivity index (χ4n) is 1.93. The Bertz CT molecular complexity index is 376. The predicted octanol–water partition coefficient (Wildman–Crippen LogP) is 2.30. The SMILES string of the molecule is COc1c(CCO)c(C(C)C)nn1C(C)(C)C. The molecule has 0 aromatic carbocycles. The first-order valence-corrected chi connectivity index (χ1v) is 6.10. The topological polar surface area (TPSA) is 47.3 Å². The molecular formula is C13H24N2O2. The van der Waals surface area contributed by atoms with Crippen LogP contribution in [-0.2, 0) is 12.0 Å². The number of methoxy groups -OCH3 is 1. The minimum absolute atomic E-state index is 0.117. The van der Waals surface area contributed by atoms with Gasteiger partial charge in [0.25, 0.3) is 0 Å². The number of hydrogen-bond donors (Lipinski definition) is 1. The van der Waals surface area contributed by atoms with Crippen LogP contribution in [0, 0.1) is 0 Å². The highest BCUT2D eigenvalue weighted by Gasteiger charge is 2.26. The predicted molar refractivity (Wildman–Crippen MR) is 68.7 cm³/mol. The molecule has 1 aromatic heterocycles. The van der Waals surface area contributed by atoms with Crippen molar-refractivity contribution >= 4 is 0 Å². The maximum atomic E-state index is 9.17. The van der Waals surface area contributed by atoms with E-state index in [1.54, 1.807) is 7.11 Å². The van der Waals surface area contributed by atoms with Crippen molar-refractivity contribution in [3.63, 3.8) is 0 Å². The summed E-state index contributed by atoms with van der Waals surface area (Å²) in [7, 11) is 1.66. The van der Waals surface area contributed by atoms with Gasteiger partial charge < -0.3 is 9.84 Å². The van der Waals surface area contributed by atoms with Crippen molar-refractivity contribution in [3.05, 3.63) is 11.3 Å². The molecule has 1 rings (SSSR count). The smallest absolute Gasteiger partial charge is 0.215 e. The van der Waals surface area contributed by atoms with E-state index in [9.17, 15) is 0 Å². The third-order valence-corrected chi connectivity index (χ3v) is 2.70. The van der Waals surface area contributed by atoms with Gasteiger partial charge in [-0.1, -0.05) is 13.8 Å². The second-order valence-corrected chi connectivity index (χ2v) is 5.58. The number of rotatable bonds is 4. The minimum Gasteiger partial charge on any atom is -0.481 e. The minimum atomic E-state index is -0.122. The fraction of sp³-hybridized carbons (Fsp3) is 0.769. The van der Waals surface area contributed by atoms with Crippen LogP contribution in [-0.4, -0.2) is 28.6 Å². The zero-order valence-electron chi connectivity index (χ0n) is 11.7. The van der Waals surface area contributed by atoms with Gasteiger partial charge in [-0.05, 0) is 26.7 Å². The molecule has 0 aliphatic carbocycles. The Hall–Kier alpha value is -1.03. The summed E-state index contributed by atoms with van der Waals surface area (Å²) in [6, 6.07) is 0. The molecule has 0 fully saturated rings. The molecule has 4 heteroatoms. The molecule has 1 heterocycles. The summed E-state index contributed by atoms with van der Waals surface area (Å²) < 4.78 is 7.39. The lowest BCUT2D eigenvalue weighted by atomic mass is 10.0. The zero-order valence-corrected chi connectivity index (χ0v) is 11.7. The molecule has 4 nitrogen and oxygen atoms in total. The van der Waals surface area contributed by atoms with Crippen molar-refractivity contribution in [2.75, 3.05) is 13.7 Å². The average molecular weight is 240 g/mol. The third-order valence-electron chi connectivity index (χ3n) is 2.70. The van der Waals surface area contributed by atoms with Gasteiger partial charge in [0.1, 0.15) is 0 Å². The summed E-state index contributed by atoms with van der Waals surface area (Å²) in [5.41, 5.74) is 1.92. The molecule has 0 unspecified atom stereocenters. The van der Waals surface area contributed by atoms with Crippen LogP contribution in [0.4, 0.5) is 0 Å². The van der Waals surface area contributed by atoms with Gasteiger partial charge in [0.15, 0.2) is 0 Å². The lowest BCUT2D eigenvalue weighted by molar-refractivity contribution is 0.273. The van der Waals surface area contributed by atoms with Crippen molar-refractivity contribution in [1.82, 2.24) is 9.78 Å². The first-order valence-electron chi connectivity index (χ1n) is 6.10. The van der Waals surface area contributed by atoms with E-state index >= 15 is 0 Å². The van der Waals surface area contributed by atoms with E-state index in [1.165, 1.54) is 0 Å². The normalized spacial score (nSPS) is 12.2. The van der Waals surface area contributed by atoms with Gasteiger partial charge in [-0.3, -0.25) is 0 Å². The molecule has 0 spiro atoms. The Morgan fingerprint density at radius 1 is 1.35 bits per heavy atom. The summed E-state index contributed by atoms with van der Waals surface area (Å²) in [6.07, 6.45) is 0.590. The van der Waals surface area contributed by atoms with E-state index in [1.807, 2.05) is 4.68 Å². The van der Waals surface area contributed by atoms with E-state index in [2.05, 4.69) is 39.7 Å². The van der Waals surface area contributed by atoms with Crippen LogP contribution in [0.2, 0.25) is 0 Å². The highest BCUT2D eigenvalue weighted by atomic mass is 16.5. The molecular weight excluding hydrogens is 216 g/mol. The molecule has 0 amide bonds. The van der Waals surface area contributed by atoms with Crippen molar-refractivity contribution in [2.24, 2.45) is 0 Å². The highest BCUT2D eigenvalue weighted by Crippen LogP contribution is 2.32. The van der Waals surface area contributed by atoms with Crippen LogP contribution in [0.1, 0.15) is 51.8 Å². The summed E-state index contributed by atoms with van der Waals surface area (Å²) in [6.45, 7) is 10.6. The Morgan fingerprint density at radius 3 is 2.29 bits per heavy atom. The average Bonchev–Trinajstić information content (AvgIpc) is 2.56. The first kappa shape index (κ1) is 14.0. The molecule has 1 aromatic rings. The molecule has 98 valence electrons. The largest absolute Gasteiger partial charge is 0.481 e. The quantitative estimate of drug-likeness (QED) is 0.878. The molecule has 0 saturated carbocycles. The summed E-state index contributed by atoms with van der Waals surface area (Å²) in [5, 5.41) is 13.8. The summed E-state index contributed by atoms with van der Waals surface area (Å²) >= 11 is 0. The molecule has 1 N–H and O–H groups in total. The van der Waals surface area contributed by atoms with Crippen molar-refractivity contribution in [1.29, 1.82) is 0 Å². The van der Waals surface area contributed by atoms with Gasteiger partial charge in [-0.25, -0.2) is 4.68 Å². The number of nitrogens with zero attached hydrogens (tertiary/aromatic N) is 2. The number of aliphatic hydroxyl groups excluding tert-OH is 1. The Kier molecular flexibility index (Phi) is 4.20. The summed E-state index contributed by atoms with van der Waals surface area (Å²) in [5.74, 6) is 1.10. The van der Waals surface area contributed by atoms with Crippen LogP contribution in [0.3, 0.4) is 0 Å². The van der Waals surface area contributed by atoms with E-state index in [0.29, 0.717) is 12.3 Å². The molecule has 0 atom stereocenters. The maximum Gasteiger partial charge on any atom is 0.215 e. The number of aromatic nitrogens is 2. The fourth-order valence-corrected chi connectivity index (χ4v) is 1.93. The third kappa shape index (κ3) is 2.80. The van der Waals surface area contributed by atoms with Gasteiger partial charge in [0.2, 0.25) is 5.88 Å². The second-order valence-electron chi connectivity index (χ2n) is 5.58. The van der Waals surface area contributed by atoms with Gasteiger partial charge in [-0.15, -0.1) is 0 Å². The highest BCUT2D eigenvalue weighted by molar-refractivity contribution is 5.34. The number of hydrogen-bond acceptors (Lipinski definition) is 3. The molecule has 17 heavy (non-hydrogen) atoms. The van der Waals surface area contributed by atoms with Crippen LogP contribution in [0.25, 0.3) is 0 Å². The van der Waals surface area contributed by atoms with E-state index in [0.717, 1.165) is 17.1 Å². The standard InChI is InChI=1S/C13H24N2O2/c1-9(2)11-10(7-8-16)12(17-6)15(14-11)13(3,4)5/h9,16H,7-8H2,1-6H3. The molecule has 0 aliphatic heterocycles. The second kappa shape index (κ2) is 5.08. The van der Waals surface area contributed by atoms with Gasteiger partial charge >= 0.3 is 0 Å². The monoisotopic (exact) mass is 240 g/mol. The molecule has 0 radical (unpaired) electrons. The van der Waals surface area contributed by atoms with Crippen LogP contribution in [0.5, 0.6) is 5.88 Å². The lowest BCUT2D eigenvalue weighted by Crippen LogP contribution is -2.24. The maximum absolute atomic E-state index is 9.17. The van der Waals surface area contributed by atoms with E-state index in [4.69, 9.17) is 9.84 Å². The van der Waals surface area contributed by atoms with Crippen molar-refractivity contribution in [2.45, 2.75) is 52.5 Å². The Balaban J connectivity index is 3.38. The van der Waals surface area contributed by atoms with Gasteiger partial charge in [-0.2, -0.15) is 5.10 Å². The molecule has 0 aliphatic rings. The van der Waals surface area contributed by atoms with Gasteiger partial charge in [0.05, 0.1) is 18.3 Å². The summed E-state index contributed by atoms with van der Waals surface area (Å²) in [4.78, 5) is 0. The number of ether oxygens (including phenoxy) is 1. The van der Waals surface area contributed by atoms with E-state index < -0.39 is 0 Å². The van der Waals surface area contributed by atoms with E-state index in [-0.39, 0.29) is 12.1 Å². The van der Waals surface area contributed by atoms with Crippen LogP contribution >= 0.6 is 0 Å². The van der Waals surface area contributed by atoms with Crippen LogP contribution in [0.15, 0.2) is 0 Å². The van der Waals surface area contributed by atoms with Crippen molar-refractivity contribution < 1.29 is 9.84 Å². The Morgan fingerprint density at radius 2 is 1.94 bits per heavy atom. The van der Waals surface area contributed by atoms with Crippen molar-refractivity contribution in [3.8, 4) is 5.88 Å².